The molecule has 0 aromatic heterocycles. The van der Waals surface area contributed by atoms with E-state index in [1.54, 1.807) is 7.11 Å². The van der Waals surface area contributed by atoms with Crippen LogP contribution >= 0.6 is 0 Å². The number of hydrogen-bond acceptors (Lipinski definition) is 2. The van der Waals surface area contributed by atoms with Gasteiger partial charge in [0.2, 0.25) is 0 Å². The average Bonchev–Trinajstić information content (AvgIpc) is 2.14. The normalized spacial score (nSPS) is 19.2. The van der Waals surface area contributed by atoms with Crippen LogP contribution in [0.3, 0.4) is 0 Å². The maximum Gasteiger partial charge on any atom is 0.119 e. The first-order valence-electron chi connectivity index (χ1n) is 4.61. The van der Waals surface area contributed by atoms with E-state index in [1.165, 1.54) is 0 Å². The molecule has 2 nitrogen and oxygen atoms in total. The highest BCUT2D eigenvalue weighted by Gasteiger charge is 2.36. The van der Waals surface area contributed by atoms with Crippen molar-refractivity contribution in [1.29, 1.82) is 0 Å². The van der Waals surface area contributed by atoms with Crippen molar-refractivity contribution >= 4 is 0 Å². The molecule has 0 unspecified atom stereocenters. The van der Waals surface area contributed by atoms with Gasteiger partial charge in [-0.15, -0.1) is 0 Å². The Bertz CT molecular complexity index is 303. The Morgan fingerprint density at radius 1 is 1.38 bits per heavy atom. The monoisotopic (exact) mass is 178 g/mol. The maximum absolute atomic E-state index is 10.0. The Kier molecular flexibility index (Phi) is 2.00. The van der Waals surface area contributed by atoms with Gasteiger partial charge in [-0.3, -0.25) is 0 Å². The van der Waals surface area contributed by atoms with E-state index in [4.69, 9.17) is 4.74 Å². The summed E-state index contributed by atoms with van der Waals surface area (Å²) in [6, 6.07) is 7.69. The van der Waals surface area contributed by atoms with E-state index >= 15 is 0 Å². The van der Waals surface area contributed by atoms with Crippen molar-refractivity contribution in [3.05, 3.63) is 29.8 Å². The summed E-state index contributed by atoms with van der Waals surface area (Å²) in [6.07, 6.45) is 2.87. The van der Waals surface area contributed by atoms with Crippen molar-refractivity contribution in [2.45, 2.75) is 24.9 Å². The van der Waals surface area contributed by atoms with Gasteiger partial charge in [0.15, 0.2) is 0 Å². The third-order valence-electron chi connectivity index (χ3n) is 2.79. The molecule has 0 heterocycles. The lowest BCUT2D eigenvalue weighted by atomic mass is 9.75. The highest BCUT2D eigenvalue weighted by molar-refractivity contribution is 5.33. The molecule has 1 aliphatic rings. The predicted octanol–water partition coefficient (Wildman–Crippen LogP) is 2.07. The number of methoxy groups -OCH3 is 1. The van der Waals surface area contributed by atoms with Crippen LogP contribution in [-0.2, 0) is 5.60 Å². The summed E-state index contributed by atoms with van der Waals surface area (Å²) in [5, 5.41) is 10.0. The number of hydrogen-bond donors (Lipinski definition) is 1. The van der Waals surface area contributed by atoms with Gasteiger partial charge in [0, 0.05) is 0 Å². The zero-order chi connectivity index (χ0) is 9.31. The molecular formula is C11H14O2. The lowest BCUT2D eigenvalue weighted by Crippen LogP contribution is -2.33. The van der Waals surface area contributed by atoms with Gasteiger partial charge in [0.05, 0.1) is 12.7 Å². The number of benzene rings is 1. The van der Waals surface area contributed by atoms with Crippen LogP contribution in [0.2, 0.25) is 0 Å². The van der Waals surface area contributed by atoms with Crippen molar-refractivity contribution < 1.29 is 9.84 Å². The molecule has 1 aromatic rings. The summed E-state index contributed by atoms with van der Waals surface area (Å²) in [7, 11) is 1.64. The van der Waals surface area contributed by atoms with E-state index in [1.807, 2.05) is 24.3 Å². The molecule has 0 saturated heterocycles. The molecule has 2 rings (SSSR count). The SMILES string of the molecule is COc1cccc(C2(O)CCC2)c1. The Balaban J connectivity index is 2.29. The van der Waals surface area contributed by atoms with Crippen molar-refractivity contribution in [3.63, 3.8) is 0 Å². The molecule has 0 atom stereocenters. The summed E-state index contributed by atoms with van der Waals surface area (Å²) in [5.74, 6) is 0.817. The largest absolute Gasteiger partial charge is 0.497 e. The highest BCUT2D eigenvalue weighted by atomic mass is 16.5. The lowest BCUT2D eigenvalue weighted by Gasteiger charge is -2.37. The predicted molar refractivity (Wildman–Crippen MR) is 50.7 cm³/mol. The van der Waals surface area contributed by atoms with E-state index in [0.717, 1.165) is 30.6 Å². The molecule has 1 fully saturated rings. The summed E-state index contributed by atoms with van der Waals surface area (Å²) in [5.41, 5.74) is 0.409. The van der Waals surface area contributed by atoms with Crippen LogP contribution in [0.1, 0.15) is 24.8 Å². The molecule has 0 spiro atoms. The smallest absolute Gasteiger partial charge is 0.119 e. The molecule has 70 valence electrons. The van der Waals surface area contributed by atoms with E-state index in [0.29, 0.717) is 0 Å². The fourth-order valence-corrected chi connectivity index (χ4v) is 1.71. The van der Waals surface area contributed by atoms with Crippen molar-refractivity contribution in [3.8, 4) is 5.75 Å². The molecule has 1 saturated carbocycles. The number of ether oxygens (including phenoxy) is 1. The molecule has 1 N–H and O–H groups in total. The first-order chi connectivity index (χ1) is 6.24. The van der Waals surface area contributed by atoms with Gasteiger partial charge in [0.25, 0.3) is 0 Å². The molecule has 13 heavy (non-hydrogen) atoms. The summed E-state index contributed by atoms with van der Waals surface area (Å²) < 4.78 is 5.11. The van der Waals surface area contributed by atoms with E-state index < -0.39 is 5.60 Å². The minimum Gasteiger partial charge on any atom is -0.497 e. The molecule has 1 aliphatic carbocycles. The highest BCUT2D eigenvalue weighted by Crippen LogP contribution is 2.41. The second kappa shape index (κ2) is 3.04. The Morgan fingerprint density at radius 3 is 2.69 bits per heavy atom. The topological polar surface area (TPSA) is 29.5 Å². The van der Waals surface area contributed by atoms with Crippen LogP contribution in [0.25, 0.3) is 0 Å². The van der Waals surface area contributed by atoms with Crippen LogP contribution in [0.4, 0.5) is 0 Å². The molecule has 0 bridgehead atoms. The third-order valence-corrected chi connectivity index (χ3v) is 2.79. The van der Waals surface area contributed by atoms with E-state index in [-0.39, 0.29) is 0 Å². The quantitative estimate of drug-likeness (QED) is 0.751. The van der Waals surface area contributed by atoms with Gasteiger partial charge in [-0.2, -0.15) is 0 Å². The van der Waals surface area contributed by atoms with Gasteiger partial charge >= 0.3 is 0 Å². The summed E-state index contributed by atoms with van der Waals surface area (Å²) in [6.45, 7) is 0. The minimum absolute atomic E-state index is 0.575. The molecule has 0 radical (unpaired) electrons. The standard InChI is InChI=1S/C11H14O2/c1-13-10-5-2-4-9(8-10)11(12)6-3-7-11/h2,4-5,8,12H,3,6-7H2,1H3. The van der Waals surface area contributed by atoms with Crippen LogP contribution in [0.5, 0.6) is 5.75 Å². The molecule has 1 aromatic carbocycles. The zero-order valence-corrected chi connectivity index (χ0v) is 7.79. The maximum atomic E-state index is 10.0. The zero-order valence-electron chi connectivity index (χ0n) is 7.79. The van der Waals surface area contributed by atoms with Crippen LogP contribution in [0, 0.1) is 0 Å². The summed E-state index contributed by atoms with van der Waals surface area (Å²) >= 11 is 0. The molecule has 2 heteroatoms. The van der Waals surface area contributed by atoms with E-state index in [2.05, 4.69) is 0 Å². The first kappa shape index (κ1) is 8.57. The number of aliphatic hydroxyl groups is 1. The second-order valence-electron chi connectivity index (χ2n) is 3.62. The van der Waals surface area contributed by atoms with Crippen molar-refractivity contribution in [2.75, 3.05) is 7.11 Å². The van der Waals surface area contributed by atoms with Gasteiger partial charge in [-0.25, -0.2) is 0 Å². The Hall–Kier alpha value is -1.02. The molecule has 0 amide bonds. The van der Waals surface area contributed by atoms with Crippen molar-refractivity contribution in [1.82, 2.24) is 0 Å². The fraction of sp³-hybridized carbons (Fsp3) is 0.455. The van der Waals surface area contributed by atoms with E-state index in [9.17, 15) is 5.11 Å². The molecular weight excluding hydrogens is 164 g/mol. The Morgan fingerprint density at radius 2 is 2.15 bits per heavy atom. The van der Waals surface area contributed by atoms with Gasteiger partial charge in [0.1, 0.15) is 5.75 Å². The van der Waals surface area contributed by atoms with Crippen molar-refractivity contribution in [2.24, 2.45) is 0 Å². The van der Waals surface area contributed by atoms with Crippen LogP contribution in [0.15, 0.2) is 24.3 Å². The third kappa shape index (κ3) is 1.42. The Labute approximate surface area is 78.2 Å². The second-order valence-corrected chi connectivity index (χ2v) is 3.62. The van der Waals surface area contributed by atoms with Gasteiger partial charge in [-0.05, 0) is 37.0 Å². The van der Waals surface area contributed by atoms with Gasteiger partial charge < -0.3 is 9.84 Å². The summed E-state index contributed by atoms with van der Waals surface area (Å²) in [4.78, 5) is 0. The minimum atomic E-state index is -0.575. The fourth-order valence-electron chi connectivity index (χ4n) is 1.71. The first-order valence-corrected chi connectivity index (χ1v) is 4.61. The lowest BCUT2D eigenvalue weighted by molar-refractivity contribution is -0.0389. The van der Waals surface area contributed by atoms with Crippen LogP contribution in [-0.4, -0.2) is 12.2 Å². The average molecular weight is 178 g/mol. The number of rotatable bonds is 2. The van der Waals surface area contributed by atoms with Gasteiger partial charge in [-0.1, -0.05) is 12.1 Å². The van der Waals surface area contributed by atoms with Crippen LogP contribution < -0.4 is 4.74 Å². The molecule has 0 aliphatic heterocycles.